The molecule has 0 fully saturated rings. The molecule has 19 heavy (non-hydrogen) atoms. The lowest BCUT2D eigenvalue weighted by Gasteiger charge is -2.14. The van der Waals surface area contributed by atoms with Crippen molar-refractivity contribution in [1.82, 2.24) is 0 Å². The second-order valence-corrected chi connectivity index (χ2v) is 5.27. The lowest BCUT2D eigenvalue weighted by atomic mass is 10.0. The van der Waals surface area contributed by atoms with E-state index in [0.717, 1.165) is 0 Å². The Kier molecular flexibility index (Phi) is 4.69. The van der Waals surface area contributed by atoms with Crippen molar-refractivity contribution in [3.8, 4) is 0 Å². The van der Waals surface area contributed by atoms with E-state index in [0.29, 0.717) is 15.6 Å². The molecular formula is C14H10Cl3FO. The first-order chi connectivity index (χ1) is 9.00. The molecule has 1 atom stereocenters. The molecule has 0 bridgehead atoms. The summed E-state index contributed by atoms with van der Waals surface area (Å²) in [5.74, 6) is -0.616. The smallest absolute Gasteiger partial charge is 0.147 e. The van der Waals surface area contributed by atoms with Gasteiger partial charge in [0.25, 0.3) is 0 Å². The predicted molar refractivity (Wildman–Crippen MR) is 76.5 cm³/mol. The topological polar surface area (TPSA) is 20.2 Å². The van der Waals surface area contributed by atoms with Gasteiger partial charge in [-0.1, -0.05) is 59.1 Å². The maximum absolute atomic E-state index is 13.8. The monoisotopic (exact) mass is 318 g/mol. The number of rotatable bonds is 3. The highest BCUT2D eigenvalue weighted by Gasteiger charge is 2.17. The van der Waals surface area contributed by atoms with Crippen molar-refractivity contribution in [2.24, 2.45) is 0 Å². The van der Waals surface area contributed by atoms with Crippen LogP contribution in [-0.2, 0) is 6.42 Å². The molecule has 0 aliphatic rings. The predicted octanol–water partition coefficient (Wildman–Crippen LogP) is 5.06. The van der Waals surface area contributed by atoms with Crippen molar-refractivity contribution in [2.75, 3.05) is 0 Å². The number of aliphatic hydroxyl groups excluding tert-OH is 1. The summed E-state index contributed by atoms with van der Waals surface area (Å²) >= 11 is 17.6. The second kappa shape index (κ2) is 6.10. The number of hydrogen-bond donors (Lipinski definition) is 1. The van der Waals surface area contributed by atoms with Gasteiger partial charge < -0.3 is 5.11 Å². The van der Waals surface area contributed by atoms with Gasteiger partial charge in [0.1, 0.15) is 5.82 Å². The number of aliphatic hydroxyl groups is 1. The summed E-state index contributed by atoms with van der Waals surface area (Å²) in [6.45, 7) is 0. The molecule has 2 rings (SSSR count). The Morgan fingerprint density at radius 1 is 1.00 bits per heavy atom. The van der Waals surface area contributed by atoms with Gasteiger partial charge in [-0.05, 0) is 17.7 Å². The average Bonchev–Trinajstić information content (AvgIpc) is 2.38. The molecule has 2 aromatic rings. The van der Waals surface area contributed by atoms with Crippen LogP contribution in [0.2, 0.25) is 15.1 Å². The van der Waals surface area contributed by atoms with Crippen LogP contribution >= 0.6 is 34.8 Å². The second-order valence-electron chi connectivity index (χ2n) is 4.08. The molecule has 5 heteroatoms. The highest BCUT2D eigenvalue weighted by atomic mass is 35.5. The molecule has 1 nitrogen and oxygen atoms in total. The van der Waals surface area contributed by atoms with Crippen molar-refractivity contribution in [3.05, 3.63) is 68.4 Å². The Bertz CT molecular complexity index is 601. The zero-order chi connectivity index (χ0) is 14.0. The molecule has 1 unspecified atom stereocenters. The molecule has 0 radical (unpaired) electrons. The number of benzene rings is 2. The first kappa shape index (κ1) is 14.6. The molecule has 0 saturated carbocycles. The largest absolute Gasteiger partial charge is 0.388 e. The van der Waals surface area contributed by atoms with Crippen LogP contribution in [0.3, 0.4) is 0 Å². The molecule has 1 N–H and O–H groups in total. The van der Waals surface area contributed by atoms with Crippen LogP contribution in [-0.4, -0.2) is 5.11 Å². The molecule has 100 valence electrons. The highest BCUT2D eigenvalue weighted by molar-refractivity contribution is 6.42. The number of hydrogen-bond acceptors (Lipinski definition) is 1. The van der Waals surface area contributed by atoms with E-state index in [-0.39, 0.29) is 17.0 Å². The summed E-state index contributed by atoms with van der Waals surface area (Å²) in [6.07, 6.45) is -0.869. The normalized spacial score (nSPS) is 12.5. The van der Waals surface area contributed by atoms with Crippen LogP contribution in [0.1, 0.15) is 17.2 Å². The van der Waals surface area contributed by atoms with Crippen LogP contribution in [0.5, 0.6) is 0 Å². The van der Waals surface area contributed by atoms with Gasteiger partial charge in [-0.25, -0.2) is 4.39 Å². The summed E-state index contributed by atoms with van der Waals surface area (Å²) in [7, 11) is 0. The van der Waals surface area contributed by atoms with Gasteiger partial charge >= 0.3 is 0 Å². The molecule has 0 aliphatic carbocycles. The Hall–Kier alpha value is -0.800. The molecule has 0 heterocycles. The van der Waals surface area contributed by atoms with E-state index >= 15 is 0 Å². The lowest BCUT2D eigenvalue weighted by Crippen LogP contribution is -2.05. The third-order valence-electron chi connectivity index (χ3n) is 2.79. The fraction of sp³-hybridized carbons (Fsp3) is 0.143. The number of halogens is 4. The van der Waals surface area contributed by atoms with Crippen molar-refractivity contribution in [3.63, 3.8) is 0 Å². The quantitative estimate of drug-likeness (QED) is 0.838. The van der Waals surface area contributed by atoms with Crippen LogP contribution in [0.15, 0.2) is 36.4 Å². The van der Waals surface area contributed by atoms with E-state index in [4.69, 9.17) is 34.8 Å². The van der Waals surface area contributed by atoms with E-state index in [2.05, 4.69) is 0 Å². The lowest BCUT2D eigenvalue weighted by molar-refractivity contribution is 0.173. The third kappa shape index (κ3) is 3.21. The van der Waals surface area contributed by atoms with Crippen LogP contribution < -0.4 is 0 Å². The van der Waals surface area contributed by atoms with Crippen LogP contribution in [0, 0.1) is 5.82 Å². The minimum Gasteiger partial charge on any atom is -0.388 e. The van der Waals surface area contributed by atoms with Crippen molar-refractivity contribution in [2.45, 2.75) is 12.5 Å². The Morgan fingerprint density at radius 2 is 1.63 bits per heavy atom. The SMILES string of the molecule is OC(Cc1cccc(Cl)c1Cl)c1cccc(Cl)c1F. The molecule has 2 aromatic carbocycles. The van der Waals surface area contributed by atoms with E-state index in [9.17, 15) is 9.50 Å². The van der Waals surface area contributed by atoms with Crippen LogP contribution in [0.4, 0.5) is 4.39 Å². The molecule has 0 amide bonds. The van der Waals surface area contributed by atoms with E-state index in [1.54, 1.807) is 24.3 Å². The minimum atomic E-state index is -1.03. The maximum atomic E-state index is 13.8. The summed E-state index contributed by atoms with van der Waals surface area (Å²) in [6, 6.07) is 9.62. The van der Waals surface area contributed by atoms with Gasteiger partial charge in [0, 0.05) is 12.0 Å². The zero-order valence-electron chi connectivity index (χ0n) is 9.71. The molecule has 0 saturated heterocycles. The molecule has 0 aliphatic heterocycles. The third-order valence-corrected chi connectivity index (χ3v) is 3.94. The Morgan fingerprint density at radius 3 is 2.37 bits per heavy atom. The van der Waals surface area contributed by atoms with Gasteiger partial charge in [0.05, 0.1) is 21.2 Å². The van der Waals surface area contributed by atoms with Crippen molar-refractivity contribution >= 4 is 34.8 Å². The van der Waals surface area contributed by atoms with E-state index in [1.807, 2.05) is 0 Å². The fourth-order valence-electron chi connectivity index (χ4n) is 1.80. The highest BCUT2D eigenvalue weighted by Crippen LogP contribution is 2.31. The van der Waals surface area contributed by atoms with Gasteiger partial charge in [-0.3, -0.25) is 0 Å². The Balaban J connectivity index is 2.28. The van der Waals surface area contributed by atoms with Gasteiger partial charge in [0.15, 0.2) is 0 Å². The average molecular weight is 320 g/mol. The standard InChI is InChI=1S/C14H10Cl3FO/c15-10-5-1-3-8(13(10)17)7-12(19)9-4-2-6-11(16)14(9)18/h1-6,12,19H,7H2. The summed E-state index contributed by atoms with van der Waals surface area (Å²) in [5, 5.41) is 10.8. The summed E-state index contributed by atoms with van der Waals surface area (Å²) in [5.41, 5.74) is 0.796. The molecule has 0 spiro atoms. The first-order valence-electron chi connectivity index (χ1n) is 5.55. The van der Waals surface area contributed by atoms with E-state index in [1.165, 1.54) is 12.1 Å². The van der Waals surface area contributed by atoms with Crippen molar-refractivity contribution in [1.29, 1.82) is 0 Å². The van der Waals surface area contributed by atoms with Gasteiger partial charge in [0.2, 0.25) is 0 Å². The fourth-order valence-corrected chi connectivity index (χ4v) is 2.38. The maximum Gasteiger partial charge on any atom is 0.147 e. The van der Waals surface area contributed by atoms with Crippen molar-refractivity contribution < 1.29 is 9.50 Å². The molecular weight excluding hydrogens is 310 g/mol. The molecule has 0 aromatic heterocycles. The first-order valence-corrected chi connectivity index (χ1v) is 6.69. The van der Waals surface area contributed by atoms with Gasteiger partial charge in [-0.2, -0.15) is 0 Å². The minimum absolute atomic E-state index is 0.0197. The Labute approximate surface area is 125 Å². The zero-order valence-corrected chi connectivity index (χ0v) is 12.0. The van der Waals surface area contributed by atoms with E-state index < -0.39 is 11.9 Å². The van der Waals surface area contributed by atoms with Crippen LogP contribution in [0.25, 0.3) is 0 Å². The van der Waals surface area contributed by atoms with Gasteiger partial charge in [-0.15, -0.1) is 0 Å². The summed E-state index contributed by atoms with van der Waals surface area (Å²) < 4.78 is 13.8. The summed E-state index contributed by atoms with van der Waals surface area (Å²) in [4.78, 5) is 0.